The third kappa shape index (κ3) is 6.45. The molecule has 1 amide bonds. The Kier molecular flexibility index (Phi) is 8.44. The zero-order chi connectivity index (χ0) is 16.2. The molecule has 0 aliphatic carbocycles. The standard InChI is InChI=1S/C18H24N2O2/c1-3-5-6-11-20-18(21)16(14-19)13-15-7-9-17(10-8-15)22-12-4-2/h7-10,13H,3-6,11-12H2,1-2H3,(H,20,21)/b16-13+. The molecule has 0 saturated carbocycles. The van der Waals surface area contributed by atoms with Gasteiger partial charge >= 0.3 is 0 Å². The van der Waals surface area contributed by atoms with Crippen LogP contribution in [0.15, 0.2) is 29.8 Å². The van der Waals surface area contributed by atoms with Gasteiger partial charge in [-0.25, -0.2) is 0 Å². The summed E-state index contributed by atoms with van der Waals surface area (Å²) in [6, 6.07) is 9.32. The van der Waals surface area contributed by atoms with Crippen LogP contribution in [0.25, 0.3) is 6.08 Å². The van der Waals surface area contributed by atoms with Crippen molar-refractivity contribution in [2.75, 3.05) is 13.2 Å². The van der Waals surface area contributed by atoms with Crippen molar-refractivity contribution in [3.8, 4) is 11.8 Å². The lowest BCUT2D eigenvalue weighted by molar-refractivity contribution is -0.117. The zero-order valence-electron chi connectivity index (χ0n) is 13.4. The number of unbranched alkanes of at least 4 members (excludes halogenated alkanes) is 2. The van der Waals surface area contributed by atoms with Gasteiger partial charge in [0.2, 0.25) is 0 Å². The van der Waals surface area contributed by atoms with Gasteiger partial charge in [-0.3, -0.25) is 4.79 Å². The van der Waals surface area contributed by atoms with Crippen molar-refractivity contribution in [1.82, 2.24) is 5.32 Å². The normalized spacial score (nSPS) is 10.9. The second-order valence-electron chi connectivity index (χ2n) is 5.05. The Morgan fingerprint density at radius 1 is 1.23 bits per heavy atom. The van der Waals surface area contributed by atoms with Gasteiger partial charge in [-0.2, -0.15) is 5.26 Å². The van der Waals surface area contributed by atoms with Gasteiger partial charge in [-0.05, 0) is 36.6 Å². The minimum Gasteiger partial charge on any atom is -0.494 e. The summed E-state index contributed by atoms with van der Waals surface area (Å²) in [6.45, 7) is 5.44. The molecular formula is C18H24N2O2. The number of carbonyl (C=O) groups is 1. The zero-order valence-corrected chi connectivity index (χ0v) is 13.4. The second-order valence-corrected chi connectivity index (χ2v) is 5.05. The first-order valence-electron chi connectivity index (χ1n) is 7.84. The monoisotopic (exact) mass is 300 g/mol. The summed E-state index contributed by atoms with van der Waals surface area (Å²) in [5, 5.41) is 11.9. The molecule has 1 aromatic rings. The molecule has 118 valence electrons. The molecule has 0 atom stereocenters. The van der Waals surface area contributed by atoms with Crippen LogP contribution in [-0.4, -0.2) is 19.1 Å². The minimum absolute atomic E-state index is 0.124. The summed E-state index contributed by atoms with van der Waals surface area (Å²) < 4.78 is 5.50. The van der Waals surface area contributed by atoms with Gasteiger partial charge < -0.3 is 10.1 Å². The molecule has 4 nitrogen and oxygen atoms in total. The number of nitrogens with zero attached hydrogens (tertiary/aromatic N) is 1. The van der Waals surface area contributed by atoms with Gasteiger partial charge in [0.15, 0.2) is 0 Å². The summed E-state index contributed by atoms with van der Waals surface area (Å²) in [7, 11) is 0. The Hall–Kier alpha value is -2.28. The van der Waals surface area contributed by atoms with Crippen LogP contribution in [0, 0.1) is 11.3 Å². The highest BCUT2D eigenvalue weighted by atomic mass is 16.5. The van der Waals surface area contributed by atoms with E-state index >= 15 is 0 Å². The molecule has 0 radical (unpaired) electrons. The van der Waals surface area contributed by atoms with Crippen LogP contribution in [0.1, 0.15) is 45.1 Å². The Morgan fingerprint density at radius 2 is 1.95 bits per heavy atom. The molecule has 0 bridgehead atoms. The smallest absolute Gasteiger partial charge is 0.261 e. The lowest BCUT2D eigenvalue weighted by Crippen LogP contribution is -2.25. The number of hydrogen-bond acceptors (Lipinski definition) is 3. The molecule has 0 heterocycles. The first-order chi connectivity index (χ1) is 10.7. The number of nitriles is 1. The molecule has 0 unspecified atom stereocenters. The molecule has 1 N–H and O–H groups in total. The van der Waals surface area contributed by atoms with E-state index in [0.29, 0.717) is 13.2 Å². The molecule has 4 heteroatoms. The van der Waals surface area contributed by atoms with E-state index in [2.05, 4.69) is 19.2 Å². The summed E-state index contributed by atoms with van der Waals surface area (Å²) in [5.74, 6) is 0.478. The average Bonchev–Trinajstić information content (AvgIpc) is 2.55. The van der Waals surface area contributed by atoms with Crippen molar-refractivity contribution in [3.63, 3.8) is 0 Å². The number of rotatable bonds is 9. The first-order valence-corrected chi connectivity index (χ1v) is 7.84. The highest BCUT2D eigenvalue weighted by molar-refractivity contribution is 6.01. The van der Waals surface area contributed by atoms with E-state index in [0.717, 1.165) is 37.0 Å². The van der Waals surface area contributed by atoms with Crippen molar-refractivity contribution >= 4 is 12.0 Å². The number of hydrogen-bond donors (Lipinski definition) is 1. The Morgan fingerprint density at radius 3 is 2.55 bits per heavy atom. The number of ether oxygens (including phenoxy) is 1. The van der Waals surface area contributed by atoms with Crippen molar-refractivity contribution in [2.45, 2.75) is 39.5 Å². The first kappa shape index (κ1) is 17.8. The van der Waals surface area contributed by atoms with E-state index in [4.69, 9.17) is 10.00 Å². The van der Waals surface area contributed by atoms with Crippen molar-refractivity contribution < 1.29 is 9.53 Å². The Bertz CT molecular complexity index is 527. The summed E-state index contributed by atoms with van der Waals surface area (Å²) in [6.07, 6.45) is 5.66. The molecule has 0 aromatic heterocycles. The van der Waals surface area contributed by atoms with Gasteiger partial charge in [-0.15, -0.1) is 0 Å². The highest BCUT2D eigenvalue weighted by Gasteiger charge is 2.08. The predicted molar refractivity (Wildman–Crippen MR) is 88.4 cm³/mol. The van der Waals surface area contributed by atoms with Gasteiger partial charge in [0, 0.05) is 6.54 Å². The van der Waals surface area contributed by atoms with Crippen molar-refractivity contribution in [1.29, 1.82) is 5.26 Å². The minimum atomic E-state index is -0.315. The van der Waals surface area contributed by atoms with Crippen LogP contribution >= 0.6 is 0 Å². The van der Waals surface area contributed by atoms with Crippen LogP contribution in [0.2, 0.25) is 0 Å². The third-order valence-corrected chi connectivity index (χ3v) is 3.09. The molecule has 1 aromatic carbocycles. The van der Waals surface area contributed by atoms with E-state index < -0.39 is 0 Å². The number of amides is 1. The molecule has 1 rings (SSSR count). The molecular weight excluding hydrogens is 276 g/mol. The van der Waals surface area contributed by atoms with Crippen LogP contribution in [-0.2, 0) is 4.79 Å². The van der Waals surface area contributed by atoms with Gasteiger partial charge in [0.1, 0.15) is 17.4 Å². The molecule has 0 saturated heterocycles. The van der Waals surface area contributed by atoms with Crippen LogP contribution < -0.4 is 10.1 Å². The molecule has 22 heavy (non-hydrogen) atoms. The Balaban J connectivity index is 2.63. The van der Waals surface area contributed by atoms with Crippen molar-refractivity contribution in [2.24, 2.45) is 0 Å². The van der Waals surface area contributed by atoms with Gasteiger partial charge in [-0.1, -0.05) is 38.8 Å². The van der Waals surface area contributed by atoms with E-state index in [1.165, 1.54) is 0 Å². The fourth-order valence-corrected chi connectivity index (χ4v) is 1.87. The van der Waals surface area contributed by atoms with E-state index in [9.17, 15) is 4.79 Å². The maximum Gasteiger partial charge on any atom is 0.261 e. The van der Waals surface area contributed by atoms with E-state index in [1.807, 2.05) is 30.3 Å². The molecule has 0 aliphatic heterocycles. The summed E-state index contributed by atoms with van der Waals surface area (Å²) in [5.41, 5.74) is 0.933. The SMILES string of the molecule is CCCCCNC(=O)/C(C#N)=C/c1ccc(OCCC)cc1. The Labute approximate surface area is 132 Å². The quantitative estimate of drug-likeness (QED) is 0.430. The van der Waals surface area contributed by atoms with Gasteiger partial charge in [0.05, 0.1) is 6.61 Å². The summed E-state index contributed by atoms with van der Waals surface area (Å²) >= 11 is 0. The van der Waals surface area contributed by atoms with Crippen LogP contribution in [0.4, 0.5) is 0 Å². The van der Waals surface area contributed by atoms with Crippen LogP contribution in [0.5, 0.6) is 5.75 Å². The molecule has 0 fully saturated rings. The van der Waals surface area contributed by atoms with Crippen LogP contribution in [0.3, 0.4) is 0 Å². The predicted octanol–water partition coefficient (Wildman–Crippen LogP) is 3.69. The lowest BCUT2D eigenvalue weighted by atomic mass is 10.1. The fourth-order valence-electron chi connectivity index (χ4n) is 1.87. The average molecular weight is 300 g/mol. The summed E-state index contributed by atoms with van der Waals surface area (Å²) in [4.78, 5) is 11.9. The number of carbonyl (C=O) groups excluding carboxylic acids is 1. The van der Waals surface area contributed by atoms with Gasteiger partial charge in [0.25, 0.3) is 5.91 Å². The maximum atomic E-state index is 11.9. The molecule has 0 aliphatic rings. The third-order valence-electron chi connectivity index (χ3n) is 3.09. The molecule has 0 spiro atoms. The number of nitrogens with one attached hydrogen (secondary N) is 1. The fraction of sp³-hybridized carbons (Fsp3) is 0.444. The highest BCUT2D eigenvalue weighted by Crippen LogP contribution is 2.14. The number of benzene rings is 1. The lowest BCUT2D eigenvalue weighted by Gasteiger charge is -2.05. The largest absolute Gasteiger partial charge is 0.494 e. The second kappa shape index (κ2) is 10.4. The van der Waals surface area contributed by atoms with E-state index in [-0.39, 0.29) is 11.5 Å². The van der Waals surface area contributed by atoms with E-state index in [1.54, 1.807) is 6.08 Å². The maximum absolute atomic E-state index is 11.9. The van der Waals surface area contributed by atoms with Crippen molar-refractivity contribution in [3.05, 3.63) is 35.4 Å². The topological polar surface area (TPSA) is 62.1 Å².